The van der Waals surface area contributed by atoms with Crippen LogP contribution in [0.4, 0.5) is 14.5 Å². The van der Waals surface area contributed by atoms with E-state index in [1.165, 1.54) is 23.1 Å². The summed E-state index contributed by atoms with van der Waals surface area (Å²) in [6.07, 6.45) is 3.29. The molecule has 0 aliphatic rings. The number of hydrogen-bond acceptors (Lipinski definition) is 6. The first-order chi connectivity index (χ1) is 14.4. The highest BCUT2D eigenvalue weighted by Gasteiger charge is 2.12. The molecule has 0 atom stereocenters. The van der Waals surface area contributed by atoms with E-state index in [2.05, 4.69) is 25.5 Å². The molecule has 2 rings (SSSR count). The summed E-state index contributed by atoms with van der Waals surface area (Å²) >= 11 is 0. The molecule has 0 saturated carbocycles. The van der Waals surface area contributed by atoms with Crippen molar-refractivity contribution in [3.8, 4) is 11.5 Å². The fourth-order valence-electron chi connectivity index (χ4n) is 2.45. The number of halogens is 2. The molecule has 0 fully saturated rings. The molecule has 1 aromatic carbocycles. The third kappa shape index (κ3) is 7.18. The third-order valence-electron chi connectivity index (χ3n) is 3.86. The Labute approximate surface area is 172 Å². The van der Waals surface area contributed by atoms with Crippen LogP contribution < -0.4 is 20.1 Å². The minimum Gasteiger partial charge on any atom is -0.493 e. The highest BCUT2D eigenvalue weighted by molar-refractivity contribution is 5.79. The lowest BCUT2D eigenvalue weighted by Gasteiger charge is -2.16. The second-order valence-electron chi connectivity index (χ2n) is 6.07. The number of alkyl halides is 2. The van der Waals surface area contributed by atoms with Gasteiger partial charge in [0.2, 0.25) is 0 Å². The average Bonchev–Trinajstić information content (AvgIpc) is 3.19. The summed E-state index contributed by atoms with van der Waals surface area (Å²) in [4.78, 5) is 14.2. The van der Waals surface area contributed by atoms with E-state index in [1.807, 2.05) is 6.92 Å². The summed E-state index contributed by atoms with van der Waals surface area (Å²) in [6, 6.07) is 4.76. The van der Waals surface area contributed by atoms with E-state index in [0.29, 0.717) is 37.0 Å². The molecule has 0 aliphatic carbocycles. The molecule has 0 aliphatic heterocycles. The van der Waals surface area contributed by atoms with Gasteiger partial charge in [-0.25, -0.2) is 0 Å². The Morgan fingerprint density at radius 1 is 1.40 bits per heavy atom. The van der Waals surface area contributed by atoms with Crippen LogP contribution >= 0.6 is 0 Å². The third-order valence-corrected chi connectivity index (χ3v) is 3.86. The van der Waals surface area contributed by atoms with E-state index >= 15 is 0 Å². The van der Waals surface area contributed by atoms with Gasteiger partial charge in [-0.2, -0.15) is 13.9 Å². The summed E-state index contributed by atoms with van der Waals surface area (Å²) in [7, 11) is 1.56. The van der Waals surface area contributed by atoms with Gasteiger partial charge in [-0.1, -0.05) is 6.92 Å². The van der Waals surface area contributed by atoms with Gasteiger partial charge in [-0.05, 0) is 18.6 Å². The maximum Gasteiger partial charge on any atom is 0.387 e. The van der Waals surface area contributed by atoms with Crippen molar-refractivity contribution < 1.29 is 23.2 Å². The molecule has 2 N–H and O–H groups in total. The van der Waals surface area contributed by atoms with Gasteiger partial charge in [-0.3, -0.25) is 19.8 Å². The number of ether oxygens (including phenoxy) is 2. The number of benzene rings is 1. The molecule has 0 saturated heterocycles. The fraction of sp³-hybridized carbons (Fsp3) is 0.444. The maximum absolute atomic E-state index is 12.8. The Kier molecular flexibility index (Phi) is 8.78. The van der Waals surface area contributed by atoms with Crippen molar-refractivity contribution in [1.82, 2.24) is 20.4 Å². The van der Waals surface area contributed by atoms with Gasteiger partial charge in [0, 0.05) is 31.8 Å². The molecule has 0 unspecified atom stereocenters. The van der Waals surface area contributed by atoms with Gasteiger partial charge in [-0.15, -0.1) is 0 Å². The molecule has 30 heavy (non-hydrogen) atoms. The summed E-state index contributed by atoms with van der Waals surface area (Å²) < 4.78 is 37.0. The molecule has 0 bridgehead atoms. The quantitative estimate of drug-likeness (QED) is 0.245. The van der Waals surface area contributed by atoms with E-state index in [-0.39, 0.29) is 18.0 Å². The molecule has 1 aromatic heterocycles. The minimum absolute atomic E-state index is 0.0189. The van der Waals surface area contributed by atoms with Gasteiger partial charge in [0.15, 0.2) is 5.96 Å². The van der Waals surface area contributed by atoms with Crippen molar-refractivity contribution >= 4 is 11.6 Å². The van der Waals surface area contributed by atoms with Crippen molar-refractivity contribution in [2.24, 2.45) is 4.99 Å². The van der Waals surface area contributed by atoms with E-state index in [0.717, 1.165) is 6.42 Å². The summed E-state index contributed by atoms with van der Waals surface area (Å²) in [5, 5.41) is 20.6. The van der Waals surface area contributed by atoms with Crippen LogP contribution in [-0.2, 0) is 13.1 Å². The standard InChI is InChI=1S/C18H24F2N6O4/c1-3-8-29-15-5-4-13(16(9-15)30-17(19)20)10-23-18(21-2)22-6-7-25-12-14(11-24-25)26(27)28/h4-5,9,11-12,17H,3,6-8,10H2,1-2H3,(H2,21,22,23). The Morgan fingerprint density at radius 3 is 2.83 bits per heavy atom. The Balaban J connectivity index is 1.91. The molecule has 12 heteroatoms. The van der Waals surface area contributed by atoms with Crippen LogP contribution in [0.15, 0.2) is 35.6 Å². The topological polar surface area (TPSA) is 116 Å². The first kappa shape index (κ1) is 22.8. The molecule has 1 heterocycles. The van der Waals surface area contributed by atoms with Crippen molar-refractivity contribution in [3.05, 3.63) is 46.3 Å². The SMILES string of the molecule is CCCOc1ccc(CNC(=NC)NCCn2cc([N+](=O)[O-])cn2)c(OC(F)F)c1. The molecule has 0 spiro atoms. The number of nitrogens with one attached hydrogen (secondary N) is 2. The predicted molar refractivity (Wildman–Crippen MR) is 106 cm³/mol. The fourth-order valence-corrected chi connectivity index (χ4v) is 2.45. The van der Waals surface area contributed by atoms with E-state index in [1.54, 1.807) is 19.2 Å². The number of nitrogens with zero attached hydrogens (tertiary/aromatic N) is 4. The second kappa shape index (κ2) is 11.5. The summed E-state index contributed by atoms with van der Waals surface area (Å²) in [5.74, 6) is 0.892. The van der Waals surface area contributed by atoms with Crippen LogP contribution in [-0.4, -0.2) is 47.5 Å². The Bertz CT molecular complexity index is 859. The summed E-state index contributed by atoms with van der Waals surface area (Å²) in [6.45, 7) is 0.410. The normalized spacial score (nSPS) is 11.4. The average molecular weight is 426 g/mol. The lowest BCUT2D eigenvalue weighted by Crippen LogP contribution is -2.38. The smallest absolute Gasteiger partial charge is 0.387 e. The number of aliphatic imine (C=N–C) groups is 1. The highest BCUT2D eigenvalue weighted by Crippen LogP contribution is 2.26. The van der Waals surface area contributed by atoms with Gasteiger partial charge in [0.25, 0.3) is 0 Å². The van der Waals surface area contributed by atoms with Gasteiger partial charge in [0.1, 0.15) is 23.9 Å². The van der Waals surface area contributed by atoms with Crippen molar-refractivity contribution in [2.75, 3.05) is 20.2 Å². The van der Waals surface area contributed by atoms with Crippen LogP contribution in [0.5, 0.6) is 11.5 Å². The van der Waals surface area contributed by atoms with Gasteiger partial charge < -0.3 is 20.1 Å². The lowest BCUT2D eigenvalue weighted by molar-refractivity contribution is -0.385. The highest BCUT2D eigenvalue weighted by atomic mass is 19.3. The second-order valence-corrected chi connectivity index (χ2v) is 6.07. The molecule has 0 amide bonds. The number of nitro groups is 1. The maximum atomic E-state index is 12.8. The van der Waals surface area contributed by atoms with Crippen molar-refractivity contribution in [3.63, 3.8) is 0 Å². The molecule has 10 nitrogen and oxygen atoms in total. The largest absolute Gasteiger partial charge is 0.493 e. The zero-order chi connectivity index (χ0) is 21.9. The van der Waals surface area contributed by atoms with Gasteiger partial charge >= 0.3 is 12.3 Å². The van der Waals surface area contributed by atoms with Crippen LogP contribution in [0.1, 0.15) is 18.9 Å². The number of guanidine groups is 1. The van der Waals surface area contributed by atoms with Crippen LogP contribution in [0.2, 0.25) is 0 Å². The zero-order valence-corrected chi connectivity index (χ0v) is 16.7. The number of rotatable bonds is 11. The van der Waals surface area contributed by atoms with E-state index in [4.69, 9.17) is 4.74 Å². The molecule has 2 aromatic rings. The number of hydrogen-bond donors (Lipinski definition) is 2. The Morgan fingerprint density at radius 2 is 2.20 bits per heavy atom. The predicted octanol–water partition coefficient (Wildman–Crippen LogP) is 2.55. The summed E-state index contributed by atoms with van der Waals surface area (Å²) in [5.41, 5.74) is 0.417. The Hall–Kier alpha value is -3.44. The molecule has 164 valence electrons. The van der Waals surface area contributed by atoms with Crippen molar-refractivity contribution in [1.29, 1.82) is 0 Å². The number of aromatic nitrogens is 2. The molecular formula is C18H24F2N6O4. The monoisotopic (exact) mass is 426 g/mol. The zero-order valence-electron chi connectivity index (χ0n) is 16.7. The molecule has 0 radical (unpaired) electrons. The van der Waals surface area contributed by atoms with E-state index < -0.39 is 11.5 Å². The first-order valence-electron chi connectivity index (χ1n) is 9.24. The lowest BCUT2D eigenvalue weighted by atomic mass is 10.2. The molecular weight excluding hydrogens is 402 g/mol. The van der Waals surface area contributed by atoms with E-state index in [9.17, 15) is 18.9 Å². The first-order valence-corrected chi connectivity index (χ1v) is 9.24. The van der Waals surface area contributed by atoms with Gasteiger partial charge in [0.05, 0.1) is 18.1 Å². The van der Waals surface area contributed by atoms with Crippen LogP contribution in [0.25, 0.3) is 0 Å². The van der Waals surface area contributed by atoms with Crippen LogP contribution in [0.3, 0.4) is 0 Å². The van der Waals surface area contributed by atoms with Crippen LogP contribution in [0, 0.1) is 10.1 Å². The van der Waals surface area contributed by atoms with Crippen molar-refractivity contribution in [2.45, 2.75) is 33.0 Å². The minimum atomic E-state index is -2.96.